The number of halogens is 1. The molecule has 24 heavy (non-hydrogen) atoms. The Hall–Kier alpha value is -2.70. The summed E-state index contributed by atoms with van der Waals surface area (Å²) in [5.74, 6) is -0.638. The van der Waals surface area contributed by atoms with Gasteiger partial charge in [0.05, 0.1) is 0 Å². The molecular weight excluding hydrogens is 346 g/mol. The fourth-order valence-electron chi connectivity index (χ4n) is 1.92. The number of hydrogen-bond acceptors (Lipinski definition) is 4. The van der Waals surface area contributed by atoms with Crippen molar-refractivity contribution in [1.29, 1.82) is 0 Å². The number of nitrogens with zero attached hydrogens (tertiary/aromatic N) is 1. The lowest BCUT2D eigenvalue weighted by Crippen LogP contribution is -2.14. The van der Waals surface area contributed by atoms with Crippen LogP contribution in [0.4, 0.5) is 10.8 Å². The van der Waals surface area contributed by atoms with Gasteiger partial charge < -0.3 is 5.32 Å². The first-order chi connectivity index (χ1) is 11.6. The Kier molecular flexibility index (Phi) is 4.88. The first-order valence-electron chi connectivity index (χ1n) is 7.00. The van der Waals surface area contributed by atoms with Crippen LogP contribution in [0.3, 0.4) is 0 Å². The van der Waals surface area contributed by atoms with Gasteiger partial charge in [-0.15, -0.1) is 11.3 Å². The molecule has 7 heteroatoms. The third-order valence-electron chi connectivity index (χ3n) is 3.10. The van der Waals surface area contributed by atoms with Gasteiger partial charge in [0.15, 0.2) is 5.13 Å². The second kappa shape index (κ2) is 7.25. The van der Waals surface area contributed by atoms with E-state index in [-0.39, 0.29) is 17.5 Å². The number of carbonyl (C=O) groups is 2. The van der Waals surface area contributed by atoms with Crippen LogP contribution in [0, 0.1) is 0 Å². The van der Waals surface area contributed by atoms with Crippen LogP contribution < -0.4 is 10.6 Å². The maximum absolute atomic E-state index is 12.1. The summed E-state index contributed by atoms with van der Waals surface area (Å²) >= 11 is 6.98. The van der Waals surface area contributed by atoms with Crippen LogP contribution in [-0.2, 0) is 0 Å². The van der Waals surface area contributed by atoms with E-state index in [4.69, 9.17) is 11.6 Å². The quantitative estimate of drug-likeness (QED) is 0.731. The molecule has 0 bridgehead atoms. The van der Waals surface area contributed by atoms with Crippen LogP contribution in [0.1, 0.15) is 20.8 Å². The van der Waals surface area contributed by atoms with Gasteiger partial charge in [-0.05, 0) is 36.4 Å². The van der Waals surface area contributed by atoms with Crippen molar-refractivity contribution in [3.05, 3.63) is 76.3 Å². The molecule has 1 aromatic heterocycles. The van der Waals surface area contributed by atoms with Crippen LogP contribution in [-0.4, -0.2) is 16.8 Å². The highest BCUT2D eigenvalue weighted by molar-refractivity contribution is 7.14. The van der Waals surface area contributed by atoms with E-state index in [0.29, 0.717) is 21.4 Å². The third kappa shape index (κ3) is 3.98. The fraction of sp³-hybridized carbons (Fsp3) is 0. The molecular formula is C17H12ClN3O2S. The first kappa shape index (κ1) is 16.2. The van der Waals surface area contributed by atoms with Crippen LogP contribution in [0.2, 0.25) is 5.02 Å². The molecule has 0 fully saturated rings. The minimum absolute atomic E-state index is 0.246. The summed E-state index contributed by atoms with van der Waals surface area (Å²) in [4.78, 5) is 28.4. The highest BCUT2D eigenvalue weighted by Crippen LogP contribution is 2.18. The highest BCUT2D eigenvalue weighted by atomic mass is 35.5. The molecule has 0 saturated carbocycles. The number of benzene rings is 2. The van der Waals surface area contributed by atoms with Crippen LogP contribution in [0.15, 0.2) is 60.0 Å². The molecule has 1 heterocycles. The minimum Gasteiger partial charge on any atom is -0.321 e. The van der Waals surface area contributed by atoms with E-state index in [9.17, 15) is 9.59 Å². The molecule has 0 radical (unpaired) electrons. The lowest BCUT2D eigenvalue weighted by molar-refractivity contribution is 0.101. The molecule has 0 aliphatic rings. The number of hydrogen-bond donors (Lipinski definition) is 2. The summed E-state index contributed by atoms with van der Waals surface area (Å²) in [5.41, 5.74) is 1.39. The lowest BCUT2D eigenvalue weighted by atomic mass is 10.2. The van der Waals surface area contributed by atoms with Gasteiger partial charge in [-0.1, -0.05) is 29.8 Å². The van der Waals surface area contributed by atoms with Crippen LogP contribution >= 0.6 is 22.9 Å². The van der Waals surface area contributed by atoms with Gasteiger partial charge in [-0.25, -0.2) is 4.98 Å². The number of amides is 2. The molecule has 0 saturated heterocycles. The van der Waals surface area contributed by atoms with Gasteiger partial charge in [0.25, 0.3) is 11.8 Å². The SMILES string of the molecule is O=C(Nc1nc(C(=O)Nc2ccccc2)cs1)c1ccc(Cl)cc1. The molecule has 3 rings (SSSR count). The Morgan fingerprint density at radius 1 is 0.917 bits per heavy atom. The summed E-state index contributed by atoms with van der Waals surface area (Å²) in [7, 11) is 0. The van der Waals surface area contributed by atoms with Crippen molar-refractivity contribution in [3.63, 3.8) is 0 Å². The zero-order valence-corrected chi connectivity index (χ0v) is 13.9. The third-order valence-corrected chi connectivity index (χ3v) is 4.11. The Morgan fingerprint density at radius 3 is 2.33 bits per heavy atom. The summed E-state index contributed by atoms with van der Waals surface area (Å²) in [6, 6.07) is 15.6. The van der Waals surface area contributed by atoms with E-state index >= 15 is 0 Å². The molecule has 3 aromatic rings. The van der Waals surface area contributed by atoms with Gasteiger partial charge in [0, 0.05) is 21.7 Å². The Balaban J connectivity index is 1.66. The molecule has 0 atom stereocenters. The number of para-hydroxylation sites is 1. The minimum atomic E-state index is -0.329. The lowest BCUT2D eigenvalue weighted by Gasteiger charge is -2.02. The summed E-state index contributed by atoms with van der Waals surface area (Å²) < 4.78 is 0. The van der Waals surface area contributed by atoms with E-state index in [0.717, 1.165) is 0 Å². The normalized spacial score (nSPS) is 10.2. The molecule has 0 aliphatic carbocycles. The largest absolute Gasteiger partial charge is 0.321 e. The average Bonchev–Trinajstić information content (AvgIpc) is 3.05. The number of aromatic nitrogens is 1. The molecule has 0 aliphatic heterocycles. The smallest absolute Gasteiger partial charge is 0.275 e. The second-order valence-electron chi connectivity index (χ2n) is 4.82. The van der Waals surface area contributed by atoms with Gasteiger partial charge in [0.2, 0.25) is 0 Å². The van der Waals surface area contributed by atoms with Crippen molar-refractivity contribution in [3.8, 4) is 0 Å². The van der Waals surface area contributed by atoms with Crippen LogP contribution in [0.25, 0.3) is 0 Å². The maximum Gasteiger partial charge on any atom is 0.275 e. The summed E-state index contributed by atoms with van der Waals surface area (Å²) in [6.07, 6.45) is 0. The molecule has 2 N–H and O–H groups in total. The van der Waals surface area contributed by atoms with E-state index < -0.39 is 0 Å². The Bertz CT molecular complexity index is 863. The number of thiazole rings is 1. The Morgan fingerprint density at radius 2 is 1.62 bits per heavy atom. The van der Waals surface area contributed by atoms with Crippen molar-refractivity contribution in [2.75, 3.05) is 10.6 Å². The average molecular weight is 358 g/mol. The van der Waals surface area contributed by atoms with Crippen molar-refractivity contribution >= 4 is 45.6 Å². The van der Waals surface area contributed by atoms with Gasteiger partial charge in [0.1, 0.15) is 5.69 Å². The van der Waals surface area contributed by atoms with Crippen molar-refractivity contribution in [2.45, 2.75) is 0 Å². The molecule has 0 unspecified atom stereocenters. The van der Waals surface area contributed by atoms with E-state index in [2.05, 4.69) is 15.6 Å². The highest BCUT2D eigenvalue weighted by Gasteiger charge is 2.13. The topological polar surface area (TPSA) is 71.1 Å². The zero-order chi connectivity index (χ0) is 16.9. The van der Waals surface area contributed by atoms with Gasteiger partial charge >= 0.3 is 0 Å². The van der Waals surface area contributed by atoms with Gasteiger partial charge in [-0.2, -0.15) is 0 Å². The number of nitrogens with one attached hydrogen (secondary N) is 2. The predicted molar refractivity (Wildman–Crippen MR) is 95.9 cm³/mol. The van der Waals surface area contributed by atoms with Crippen molar-refractivity contribution in [1.82, 2.24) is 4.98 Å². The number of anilines is 2. The monoisotopic (exact) mass is 357 g/mol. The molecule has 0 spiro atoms. The van der Waals surface area contributed by atoms with Gasteiger partial charge in [-0.3, -0.25) is 14.9 Å². The fourth-order valence-corrected chi connectivity index (χ4v) is 2.73. The molecule has 120 valence electrons. The molecule has 2 aromatic carbocycles. The zero-order valence-electron chi connectivity index (χ0n) is 12.3. The van der Waals surface area contributed by atoms with E-state index in [1.165, 1.54) is 11.3 Å². The second-order valence-corrected chi connectivity index (χ2v) is 6.11. The predicted octanol–water partition coefficient (Wildman–Crippen LogP) is 4.30. The van der Waals surface area contributed by atoms with Crippen LogP contribution in [0.5, 0.6) is 0 Å². The van der Waals surface area contributed by atoms with Crippen molar-refractivity contribution < 1.29 is 9.59 Å². The number of rotatable bonds is 4. The Labute approximate surface area is 147 Å². The first-order valence-corrected chi connectivity index (χ1v) is 8.26. The standard InChI is InChI=1S/C17H12ClN3O2S/c18-12-8-6-11(7-9-12)15(22)21-17-20-14(10-24-17)16(23)19-13-4-2-1-3-5-13/h1-10H,(H,19,23)(H,20,21,22). The molecule has 2 amide bonds. The summed E-state index contributed by atoms with van der Waals surface area (Å²) in [5, 5.41) is 7.91. The summed E-state index contributed by atoms with van der Waals surface area (Å²) in [6.45, 7) is 0. The molecule has 5 nitrogen and oxygen atoms in total. The van der Waals surface area contributed by atoms with E-state index in [1.54, 1.807) is 41.8 Å². The maximum atomic E-state index is 12.1. The van der Waals surface area contributed by atoms with Crippen molar-refractivity contribution in [2.24, 2.45) is 0 Å². The van der Waals surface area contributed by atoms with E-state index in [1.807, 2.05) is 18.2 Å². The number of carbonyl (C=O) groups excluding carboxylic acids is 2.